The Morgan fingerprint density at radius 3 is 2.92 bits per heavy atom. The molecule has 2 saturated heterocycles. The number of imidazole rings is 1. The van der Waals surface area contributed by atoms with Crippen LogP contribution < -0.4 is 0 Å². The van der Waals surface area contributed by atoms with Crippen LogP contribution in [0.15, 0.2) is 36.9 Å². The molecule has 2 aromatic heterocycles. The van der Waals surface area contributed by atoms with Gasteiger partial charge >= 0.3 is 0 Å². The maximum Gasteiger partial charge on any atom is 0.223 e. The van der Waals surface area contributed by atoms with Crippen LogP contribution in [-0.4, -0.2) is 48.9 Å². The van der Waals surface area contributed by atoms with Gasteiger partial charge in [0.2, 0.25) is 5.91 Å². The summed E-state index contributed by atoms with van der Waals surface area (Å²) >= 11 is 0. The van der Waals surface area contributed by atoms with Crippen molar-refractivity contribution in [1.29, 1.82) is 0 Å². The first kappa shape index (κ1) is 16.3. The number of rotatable bonds is 4. The van der Waals surface area contributed by atoms with E-state index in [2.05, 4.69) is 30.4 Å². The minimum Gasteiger partial charge on any atom is -0.337 e. The molecule has 25 heavy (non-hydrogen) atoms. The molecule has 4 heterocycles. The Hall–Kier alpha value is -2.21. The van der Waals surface area contributed by atoms with Crippen LogP contribution >= 0.6 is 0 Å². The van der Waals surface area contributed by atoms with Crippen molar-refractivity contribution in [3.63, 3.8) is 0 Å². The van der Waals surface area contributed by atoms with Gasteiger partial charge in [-0.1, -0.05) is 6.07 Å². The van der Waals surface area contributed by atoms with E-state index in [0.717, 1.165) is 50.3 Å². The van der Waals surface area contributed by atoms with Crippen molar-refractivity contribution < 1.29 is 4.79 Å². The molecule has 6 heteroatoms. The number of hydrogen-bond donors (Lipinski definition) is 0. The lowest BCUT2D eigenvalue weighted by Gasteiger charge is -2.46. The van der Waals surface area contributed by atoms with E-state index < -0.39 is 0 Å². The lowest BCUT2D eigenvalue weighted by Crippen LogP contribution is -2.56. The number of carbonyl (C=O) groups is 1. The Labute approximate surface area is 148 Å². The van der Waals surface area contributed by atoms with Gasteiger partial charge in [0.25, 0.3) is 0 Å². The molecule has 1 spiro atoms. The summed E-state index contributed by atoms with van der Waals surface area (Å²) < 4.78 is 2.08. The first-order valence-electron chi connectivity index (χ1n) is 9.04. The number of aromatic nitrogens is 3. The molecule has 2 fully saturated rings. The van der Waals surface area contributed by atoms with Gasteiger partial charge in [0.1, 0.15) is 5.82 Å². The van der Waals surface area contributed by atoms with E-state index >= 15 is 0 Å². The van der Waals surface area contributed by atoms with Crippen molar-refractivity contribution in [2.75, 3.05) is 13.1 Å². The molecular weight excluding hydrogens is 314 g/mol. The third kappa shape index (κ3) is 3.18. The fraction of sp³-hybridized carbons (Fsp3) is 0.526. The van der Waals surface area contributed by atoms with E-state index in [1.165, 1.54) is 0 Å². The number of amides is 1. The van der Waals surface area contributed by atoms with Gasteiger partial charge in [0.05, 0.1) is 12.1 Å². The van der Waals surface area contributed by atoms with Gasteiger partial charge in [-0.2, -0.15) is 0 Å². The predicted molar refractivity (Wildman–Crippen MR) is 94.5 cm³/mol. The van der Waals surface area contributed by atoms with Crippen LogP contribution in [0.4, 0.5) is 0 Å². The van der Waals surface area contributed by atoms with E-state index in [1.54, 1.807) is 6.20 Å². The van der Waals surface area contributed by atoms with Crippen LogP contribution in [0.5, 0.6) is 0 Å². The highest BCUT2D eigenvalue weighted by Gasteiger charge is 2.47. The Morgan fingerprint density at radius 1 is 1.24 bits per heavy atom. The quantitative estimate of drug-likeness (QED) is 0.855. The molecule has 4 rings (SSSR count). The van der Waals surface area contributed by atoms with Crippen molar-refractivity contribution in [2.45, 2.75) is 44.3 Å². The van der Waals surface area contributed by atoms with Gasteiger partial charge in [0.15, 0.2) is 0 Å². The number of likely N-dealkylation sites (tertiary alicyclic amines) is 2. The third-order valence-electron chi connectivity index (χ3n) is 5.66. The number of aryl methyl sites for hydroxylation is 1. The van der Waals surface area contributed by atoms with Crippen molar-refractivity contribution >= 4 is 5.91 Å². The standard InChI is InChI=1S/C19H25N5O/c1-22-11-9-21-17(22)14-23-10-3-6-19(15-23)7-5-18(25)24(19)13-16-4-2-8-20-12-16/h2,4,8-9,11-12H,3,5-7,10,13-15H2,1H3. The fourth-order valence-corrected chi connectivity index (χ4v) is 4.32. The highest BCUT2D eigenvalue weighted by molar-refractivity contribution is 5.79. The summed E-state index contributed by atoms with van der Waals surface area (Å²) in [6.45, 7) is 3.53. The van der Waals surface area contributed by atoms with Crippen LogP contribution in [0.3, 0.4) is 0 Å². The Kier molecular flexibility index (Phi) is 4.29. The van der Waals surface area contributed by atoms with E-state index in [4.69, 9.17) is 0 Å². The highest BCUT2D eigenvalue weighted by atomic mass is 16.2. The van der Waals surface area contributed by atoms with Crippen LogP contribution in [0.2, 0.25) is 0 Å². The smallest absolute Gasteiger partial charge is 0.223 e. The van der Waals surface area contributed by atoms with Crippen molar-refractivity contribution in [3.05, 3.63) is 48.3 Å². The Morgan fingerprint density at radius 2 is 2.16 bits per heavy atom. The molecule has 1 atom stereocenters. The topological polar surface area (TPSA) is 54.3 Å². The lowest BCUT2D eigenvalue weighted by molar-refractivity contribution is -0.133. The van der Waals surface area contributed by atoms with Gasteiger partial charge in [-0.3, -0.25) is 14.7 Å². The summed E-state index contributed by atoms with van der Waals surface area (Å²) in [5.41, 5.74) is 1.08. The number of carbonyl (C=O) groups excluding carboxylic acids is 1. The Bertz CT molecular complexity index is 743. The van der Waals surface area contributed by atoms with E-state index in [0.29, 0.717) is 13.0 Å². The molecule has 1 unspecified atom stereocenters. The summed E-state index contributed by atoms with van der Waals surface area (Å²) in [6, 6.07) is 4.00. The van der Waals surface area contributed by atoms with Crippen molar-refractivity contribution in [2.24, 2.45) is 7.05 Å². The van der Waals surface area contributed by atoms with Crippen LogP contribution in [-0.2, 0) is 24.9 Å². The first-order chi connectivity index (χ1) is 12.2. The summed E-state index contributed by atoms with van der Waals surface area (Å²) in [5, 5.41) is 0. The predicted octanol–water partition coefficient (Wildman–Crippen LogP) is 1.97. The molecule has 0 N–H and O–H groups in total. The van der Waals surface area contributed by atoms with Gasteiger partial charge < -0.3 is 9.47 Å². The average Bonchev–Trinajstić information content (AvgIpc) is 3.15. The molecule has 0 aromatic carbocycles. The van der Waals surface area contributed by atoms with Crippen molar-refractivity contribution in [3.8, 4) is 0 Å². The molecule has 1 amide bonds. The van der Waals surface area contributed by atoms with Crippen LogP contribution in [0.1, 0.15) is 37.1 Å². The highest BCUT2D eigenvalue weighted by Crippen LogP contribution is 2.39. The molecular formula is C19H25N5O. The summed E-state index contributed by atoms with van der Waals surface area (Å²) in [6.07, 6.45) is 11.3. The summed E-state index contributed by atoms with van der Waals surface area (Å²) in [7, 11) is 2.04. The minimum absolute atomic E-state index is 0.0314. The maximum atomic E-state index is 12.6. The maximum absolute atomic E-state index is 12.6. The normalized spacial score (nSPS) is 24.4. The monoisotopic (exact) mass is 339 g/mol. The van der Waals surface area contributed by atoms with Gasteiger partial charge in [-0.25, -0.2) is 4.98 Å². The zero-order chi connectivity index (χ0) is 17.3. The zero-order valence-corrected chi connectivity index (χ0v) is 14.8. The van der Waals surface area contributed by atoms with E-state index in [9.17, 15) is 4.79 Å². The second kappa shape index (κ2) is 6.59. The largest absolute Gasteiger partial charge is 0.337 e. The van der Waals surface area contributed by atoms with E-state index in [1.807, 2.05) is 31.7 Å². The molecule has 0 radical (unpaired) electrons. The molecule has 0 saturated carbocycles. The number of piperidine rings is 1. The van der Waals surface area contributed by atoms with Gasteiger partial charge in [-0.15, -0.1) is 0 Å². The molecule has 2 aromatic rings. The van der Waals surface area contributed by atoms with Gasteiger partial charge in [0, 0.05) is 51.3 Å². The van der Waals surface area contributed by atoms with Crippen LogP contribution in [0, 0.1) is 0 Å². The summed E-state index contributed by atoms with van der Waals surface area (Å²) in [4.78, 5) is 25.8. The van der Waals surface area contributed by atoms with Crippen LogP contribution in [0.25, 0.3) is 0 Å². The molecule has 6 nitrogen and oxygen atoms in total. The Balaban J connectivity index is 1.52. The molecule has 2 aliphatic heterocycles. The number of hydrogen-bond acceptors (Lipinski definition) is 4. The molecule has 132 valence electrons. The lowest BCUT2D eigenvalue weighted by atomic mass is 9.86. The van der Waals surface area contributed by atoms with Gasteiger partial charge in [-0.05, 0) is 37.4 Å². The average molecular weight is 339 g/mol. The van der Waals surface area contributed by atoms with E-state index in [-0.39, 0.29) is 11.4 Å². The van der Waals surface area contributed by atoms with Crippen molar-refractivity contribution in [1.82, 2.24) is 24.3 Å². The fourth-order valence-electron chi connectivity index (χ4n) is 4.32. The third-order valence-corrected chi connectivity index (χ3v) is 5.66. The number of nitrogens with zero attached hydrogens (tertiary/aromatic N) is 5. The second-order valence-electron chi connectivity index (χ2n) is 7.33. The SMILES string of the molecule is Cn1ccnc1CN1CCCC2(CCC(=O)N2Cc2cccnc2)C1. The minimum atomic E-state index is -0.0314. The second-order valence-corrected chi connectivity index (χ2v) is 7.33. The molecule has 2 aliphatic rings. The first-order valence-corrected chi connectivity index (χ1v) is 9.04. The zero-order valence-electron chi connectivity index (χ0n) is 14.8. The molecule has 0 bridgehead atoms. The number of pyridine rings is 1. The molecule has 0 aliphatic carbocycles. The summed E-state index contributed by atoms with van der Waals surface area (Å²) in [5.74, 6) is 1.36.